The number of carboxylic acids is 1. The lowest BCUT2D eigenvalue weighted by atomic mass is 10.0. The van der Waals surface area contributed by atoms with Crippen molar-refractivity contribution < 1.29 is 34.5 Å². The summed E-state index contributed by atoms with van der Waals surface area (Å²) in [6, 6.07) is 8.34. The first-order chi connectivity index (χ1) is 19.0. The maximum absolute atomic E-state index is 13.3. The summed E-state index contributed by atoms with van der Waals surface area (Å²) in [5.41, 5.74) is 8.09. The summed E-state index contributed by atoms with van der Waals surface area (Å²) in [6.07, 6.45) is 1.68. The molecule has 3 amide bonds. The third-order valence-corrected chi connectivity index (χ3v) is 6.56. The molecule has 3 aromatic rings. The number of aliphatic hydroxyl groups excluding tert-OH is 1. The van der Waals surface area contributed by atoms with E-state index in [1.165, 1.54) is 24.3 Å². The van der Waals surface area contributed by atoms with Crippen LogP contribution in [0.3, 0.4) is 0 Å². The van der Waals surface area contributed by atoms with E-state index in [-0.39, 0.29) is 24.5 Å². The lowest BCUT2D eigenvalue weighted by Gasteiger charge is -2.25. The number of fused-ring (bicyclic) bond motifs is 1. The van der Waals surface area contributed by atoms with Crippen LogP contribution in [0.2, 0.25) is 0 Å². The molecule has 12 heteroatoms. The van der Waals surface area contributed by atoms with Crippen LogP contribution in [0.15, 0.2) is 54.7 Å². The van der Waals surface area contributed by atoms with E-state index in [1.54, 1.807) is 20.0 Å². The molecule has 0 bridgehead atoms. The first kappa shape index (κ1) is 30.1. The van der Waals surface area contributed by atoms with Gasteiger partial charge in [-0.2, -0.15) is 0 Å². The van der Waals surface area contributed by atoms with Gasteiger partial charge in [0.15, 0.2) is 0 Å². The van der Waals surface area contributed by atoms with Crippen molar-refractivity contribution in [2.75, 3.05) is 6.61 Å². The molecule has 0 aliphatic carbocycles. The van der Waals surface area contributed by atoms with Gasteiger partial charge < -0.3 is 42.0 Å². The number of aromatic amines is 1. The average Bonchev–Trinajstić information content (AvgIpc) is 3.33. The predicted molar refractivity (Wildman–Crippen MR) is 147 cm³/mol. The molecule has 0 fully saturated rings. The summed E-state index contributed by atoms with van der Waals surface area (Å²) in [7, 11) is 0. The number of rotatable bonds is 13. The largest absolute Gasteiger partial charge is 0.508 e. The highest BCUT2D eigenvalue weighted by molar-refractivity contribution is 5.95. The maximum Gasteiger partial charge on any atom is 0.326 e. The standard InChI is InChI=1S/C28H35N5O7/c1-15(2)24(29)27(38)31-21(12-17-13-30-20-6-4-3-5-19(17)20)25(36)33-23(14-34)26(37)32-22(28(39)40)11-16-7-9-18(35)10-8-16/h3-10,13,15,21-24,30,34-35H,11-12,14,29H2,1-2H3,(H,31,38)(H,32,37)(H,33,36)(H,39,40). The molecule has 1 aromatic heterocycles. The van der Waals surface area contributed by atoms with Crippen LogP contribution in [-0.4, -0.2) is 74.8 Å². The third kappa shape index (κ3) is 7.80. The molecular weight excluding hydrogens is 518 g/mol. The van der Waals surface area contributed by atoms with E-state index in [0.29, 0.717) is 5.56 Å². The van der Waals surface area contributed by atoms with Crippen molar-refractivity contribution in [2.45, 2.75) is 50.9 Å². The van der Waals surface area contributed by atoms with E-state index >= 15 is 0 Å². The van der Waals surface area contributed by atoms with Crippen molar-refractivity contribution >= 4 is 34.6 Å². The summed E-state index contributed by atoms with van der Waals surface area (Å²) < 4.78 is 0. The first-order valence-corrected chi connectivity index (χ1v) is 12.8. The first-order valence-electron chi connectivity index (χ1n) is 12.8. The molecule has 12 nitrogen and oxygen atoms in total. The van der Waals surface area contributed by atoms with E-state index in [1.807, 2.05) is 24.3 Å². The van der Waals surface area contributed by atoms with Crippen molar-refractivity contribution in [1.29, 1.82) is 0 Å². The molecule has 0 saturated carbocycles. The van der Waals surface area contributed by atoms with E-state index in [4.69, 9.17) is 5.73 Å². The number of aliphatic carboxylic acids is 1. The molecule has 0 radical (unpaired) electrons. The molecule has 4 unspecified atom stereocenters. The van der Waals surface area contributed by atoms with Gasteiger partial charge in [0.05, 0.1) is 12.6 Å². The molecular formula is C28H35N5O7. The van der Waals surface area contributed by atoms with Crippen molar-refractivity contribution in [3.8, 4) is 5.75 Å². The van der Waals surface area contributed by atoms with Crippen molar-refractivity contribution in [1.82, 2.24) is 20.9 Å². The number of phenols is 1. The fourth-order valence-electron chi connectivity index (χ4n) is 4.11. The summed E-state index contributed by atoms with van der Waals surface area (Å²) in [6.45, 7) is 2.71. The molecule has 0 saturated heterocycles. The van der Waals surface area contributed by atoms with E-state index in [2.05, 4.69) is 20.9 Å². The number of para-hydroxylation sites is 1. The minimum Gasteiger partial charge on any atom is -0.508 e. The molecule has 2 aromatic carbocycles. The minimum absolute atomic E-state index is 0.00588. The second-order valence-corrected chi connectivity index (χ2v) is 9.91. The Hall–Kier alpha value is -4.42. The Kier molecular flexibility index (Phi) is 10.2. The zero-order valence-corrected chi connectivity index (χ0v) is 22.3. The Balaban J connectivity index is 1.76. The Bertz CT molecular complexity index is 1340. The maximum atomic E-state index is 13.3. The Morgan fingerprint density at radius 2 is 1.45 bits per heavy atom. The molecule has 0 aliphatic heterocycles. The molecule has 0 spiro atoms. The third-order valence-electron chi connectivity index (χ3n) is 6.56. The Morgan fingerprint density at radius 1 is 0.850 bits per heavy atom. The van der Waals surface area contributed by atoms with Crippen LogP contribution in [0, 0.1) is 5.92 Å². The highest BCUT2D eigenvalue weighted by Crippen LogP contribution is 2.19. The Labute approximate surface area is 231 Å². The average molecular weight is 554 g/mol. The predicted octanol–water partition coefficient (Wildman–Crippen LogP) is 0.173. The zero-order chi connectivity index (χ0) is 29.4. The second kappa shape index (κ2) is 13.6. The lowest BCUT2D eigenvalue weighted by molar-refractivity contribution is -0.142. The highest BCUT2D eigenvalue weighted by atomic mass is 16.4. The van der Waals surface area contributed by atoms with Gasteiger partial charge in [-0.1, -0.05) is 44.2 Å². The molecule has 9 N–H and O–H groups in total. The SMILES string of the molecule is CC(C)C(N)C(=O)NC(Cc1c[nH]c2ccccc12)C(=O)NC(CO)C(=O)NC(Cc1ccc(O)cc1)C(=O)O. The number of carbonyl (C=O) groups is 4. The number of aromatic hydroxyl groups is 1. The number of carboxylic acid groups (broad SMARTS) is 1. The normalized spacial score (nSPS) is 14.2. The van der Waals surface area contributed by atoms with Crippen LogP contribution in [0.25, 0.3) is 10.9 Å². The zero-order valence-electron chi connectivity index (χ0n) is 22.3. The number of amides is 3. The highest BCUT2D eigenvalue weighted by Gasteiger charge is 2.31. The van der Waals surface area contributed by atoms with Gasteiger partial charge in [-0.3, -0.25) is 14.4 Å². The quantitative estimate of drug-likeness (QED) is 0.146. The monoisotopic (exact) mass is 553 g/mol. The van der Waals surface area contributed by atoms with E-state index in [0.717, 1.165) is 16.5 Å². The number of nitrogens with two attached hydrogens (primary N) is 1. The molecule has 4 atom stereocenters. The van der Waals surface area contributed by atoms with Gasteiger partial charge in [0, 0.05) is 29.9 Å². The van der Waals surface area contributed by atoms with E-state index in [9.17, 15) is 34.5 Å². The van der Waals surface area contributed by atoms with Gasteiger partial charge in [-0.05, 0) is 35.2 Å². The topological polar surface area (TPSA) is 207 Å². The second-order valence-electron chi connectivity index (χ2n) is 9.91. The number of aliphatic hydroxyl groups is 1. The number of H-pyrrole nitrogens is 1. The van der Waals surface area contributed by atoms with Crippen molar-refractivity contribution in [2.24, 2.45) is 11.7 Å². The molecule has 0 aliphatic rings. The van der Waals surface area contributed by atoms with Crippen LogP contribution in [0.4, 0.5) is 0 Å². The van der Waals surface area contributed by atoms with Gasteiger partial charge >= 0.3 is 5.97 Å². The van der Waals surface area contributed by atoms with Gasteiger partial charge in [0.1, 0.15) is 23.9 Å². The fourth-order valence-corrected chi connectivity index (χ4v) is 4.11. The van der Waals surface area contributed by atoms with Gasteiger partial charge in [-0.25, -0.2) is 4.79 Å². The summed E-state index contributed by atoms with van der Waals surface area (Å²) in [5, 5.41) is 37.2. The molecule has 1 heterocycles. The number of carbonyl (C=O) groups excluding carboxylic acids is 3. The minimum atomic E-state index is -1.49. The number of benzene rings is 2. The van der Waals surface area contributed by atoms with Crippen LogP contribution in [0.1, 0.15) is 25.0 Å². The number of hydrogen-bond donors (Lipinski definition) is 8. The number of phenolic OH excluding ortho intramolecular Hbond substituents is 1. The van der Waals surface area contributed by atoms with Gasteiger partial charge in [0.2, 0.25) is 17.7 Å². The van der Waals surface area contributed by atoms with Crippen molar-refractivity contribution in [3.05, 3.63) is 65.9 Å². The van der Waals surface area contributed by atoms with Gasteiger partial charge in [0.25, 0.3) is 0 Å². The van der Waals surface area contributed by atoms with Crippen molar-refractivity contribution in [3.63, 3.8) is 0 Å². The van der Waals surface area contributed by atoms with Crippen LogP contribution < -0.4 is 21.7 Å². The summed E-state index contributed by atoms with van der Waals surface area (Å²) in [4.78, 5) is 53.9. The van der Waals surface area contributed by atoms with Crippen LogP contribution >= 0.6 is 0 Å². The number of hydrogen-bond acceptors (Lipinski definition) is 7. The van der Waals surface area contributed by atoms with Crippen LogP contribution in [-0.2, 0) is 32.0 Å². The molecule has 214 valence electrons. The van der Waals surface area contributed by atoms with E-state index < -0.39 is 54.5 Å². The summed E-state index contributed by atoms with van der Waals surface area (Å²) in [5.74, 6) is -3.75. The Morgan fingerprint density at radius 3 is 2.08 bits per heavy atom. The summed E-state index contributed by atoms with van der Waals surface area (Å²) >= 11 is 0. The van der Waals surface area contributed by atoms with Gasteiger partial charge in [-0.15, -0.1) is 0 Å². The lowest BCUT2D eigenvalue weighted by Crippen LogP contribution is -2.59. The smallest absolute Gasteiger partial charge is 0.326 e. The molecule has 40 heavy (non-hydrogen) atoms. The fraction of sp³-hybridized carbons (Fsp3) is 0.357. The molecule has 3 rings (SSSR count). The number of aromatic nitrogens is 1. The number of nitrogens with one attached hydrogen (secondary N) is 4. The van der Waals surface area contributed by atoms with Crippen LogP contribution in [0.5, 0.6) is 5.75 Å².